The van der Waals surface area contributed by atoms with Gasteiger partial charge in [0, 0.05) is 44.1 Å². The summed E-state index contributed by atoms with van der Waals surface area (Å²) >= 11 is 0. The lowest BCUT2D eigenvalue weighted by Gasteiger charge is -2.26. The number of rotatable bonds is 10. The molecule has 9 nitrogen and oxygen atoms in total. The van der Waals surface area contributed by atoms with Crippen LogP contribution in [0.3, 0.4) is 0 Å². The summed E-state index contributed by atoms with van der Waals surface area (Å²) in [5, 5.41) is 3.48. The maximum Gasteiger partial charge on any atom is 0.231 e. The van der Waals surface area contributed by atoms with Gasteiger partial charge in [0.25, 0.3) is 0 Å². The maximum atomic E-state index is 6.17. The predicted octanol–water partition coefficient (Wildman–Crippen LogP) is 6.18. The minimum absolute atomic E-state index is 0.496. The third-order valence-corrected chi connectivity index (χ3v) is 7.98. The molecule has 1 saturated heterocycles. The summed E-state index contributed by atoms with van der Waals surface area (Å²) in [6, 6.07) is 37.1. The Balaban J connectivity index is 1.28. The molecule has 45 heavy (non-hydrogen) atoms. The Morgan fingerprint density at radius 2 is 1.44 bits per heavy atom. The number of nitrogens with zero attached hydrogens (tertiary/aromatic N) is 6. The number of anilines is 4. The van der Waals surface area contributed by atoms with Crippen molar-refractivity contribution in [2.75, 3.05) is 42.3 Å². The number of ether oxygens (including phenoxy) is 1. The molecule has 0 spiro atoms. The van der Waals surface area contributed by atoms with Gasteiger partial charge in [0.05, 0.1) is 18.9 Å². The monoisotopic (exact) mass is 596 g/mol. The van der Waals surface area contributed by atoms with Gasteiger partial charge in [-0.05, 0) is 47.0 Å². The largest absolute Gasteiger partial charge is 0.399 e. The number of hydrogen-bond donors (Lipinski definition) is 2. The Morgan fingerprint density at radius 1 is 0.756 bits per heavy atom. The van der Waals surface area contributed by atoms with Crippen LogP contribution in [-0.2, 0) is 24.4 Å². The van der Waals surface area contributed by atoms with E-state index in [-0.39, 0.29) is 0 Å². The van der Waals surface area contributed by atoms with E-state index >= 15 is 0 Å². The van der Waals surface area contributed by atoms with Crippen molar-refractivity contribution in [3.05, 3.63) is 132 Å². The van der Waals surface area contributed by atoms with Gasteiger partial charge in [-0.1, -0.05) is 78.9 Å². The van der Waals surface area contributed by atoms with E-state index in [1.807, 2.05) is 41.0 Å². The van der Waals surface area contributed by atoms with Gasteiger partial charge in [-0.25, -0.2) is 4.98 Å². The first-order valence-corrected chi connectivity index (χ1v) is 15.3. The predicted molar refractivity (Wildman–Crippen MR) is 180 cm³/mol. The first kappa shape index (κ1) is 28.5. The second kappa shape index (κ2) is 13.2. The fourth-order valence-corrected chi connectivity index (χ4v) is 5.68. The molecule has 3 N–H and O–H groups in total. The smallest absolute Gasteiger partial charge is 0.231 e. The molecule has 1 aliphatic heterocycles. The average Bonchev–Trinajstić information content (AvgIpc) is 3.51. The van der Waals surface area contributed by atoms with Gasteiger partial charge in [-0.15, -0.1) is 0 Å². The molecule has 3 heterocycles. The molecule has 9 heteroatoms. The van der Waals surface area contributed by atoms with E-state index in [9.17, 15) is 0 Å². The van der Waals surface area contributed by atoms with Crippen LogP contribution in [0.1, 0.15) is 16.7 Å². The molecule has 0 bridgehead atoms. The molecule has 0 aliphatic carbocycles. The van der Waals surface area contributed by atoms with Crippen molar-refractivity contribution in [2.24, 2.45) is 0 Å². The van der Waals surface area contributed by atoms with Crippen LogP contribution >= 0.6 is 0 Å². The topological polar surface area (TPSA) is 97.4 Å². The standard InChI is InChI=1S/C36H36N8O/c37-30-12-7-13-32(22-30)44-26-38-33-34(43(24-27-8-3-1-4-9-27)25-28-10-5-2-6-11-28)40-36(41-35(33)44)39-31-16-14-29(15-17-31)23-42-18-20-45-21-19-42/h1-17,22,26H,18-21,23-25,37H2,(H,39,40,41). The molecule has 0 unspecified atom stereocenters. The average molecular weight is 597 g/mol. The van der Waals surface area contributed by atoms with Gasteiger partial charge >= 0.3 is 0 Å². The lowest BCUT2D eigenvalue weighted by molar-refractivity contribution is 0.0342. The van der Waals surface area contributed by atoms with Gasteiger partial charge in [0.1, 0.15) is 6.33 Å². The zero-order valence-corrected chi connectivity index (χ0v) is 25.1. The highest BCUT2D eigenvalue weighted by Crippen LogP contribution is 2.30. The molecular weight excluding hydrogens is 560 g/mol. The van der Waals surface area contributed by atoms with E-state index in [1.54, 1.807) is 6.33 Å². The Bertz CT molecular complexity index is 1810. The van der Waals surface area contributed by atoms with E-state index in [1.165, 1.54) is 16.7 Å². The minimum atomic E-state index is 0.496. The summed E-state index contributed by atoms with van der Waals surface area (Å²) in [4.78, 5) is 19.7. The van der Waals surface area contributed by atoms with Crippen molar-refractivity contribution in [3.8, 4) is 5.69 Å². The van der Waals surface area contributed by atoms with E-state index < -0.39 is 0 Å². The second-order valence-electron chi connectivity index (χ2n) is 11.3. The van der Waals surface area contributed by atoms with Crippen LogP contribution in [0.5, 0.6) is 0 Å². The zero-order chi connectivity index (χ0) is 30.4. The number of benzene rings is 4. The first-order valence-electron chi connectivity index (χ1n) is 15.3. The Kier molecular flexibility index (Phi) is 8.35. The first-order chi connectivity index (χ1) is 22.2. The maximum absolute atomic E-state index is 6.17. The molecule has 1 fully saturated rings. The fourth-order valence-electron chi connectivity index (χ4n) is 5.68. The molecular formula is C36H36N8O. The van der Waals surface area contributed by atoms with Gasteiger partial charge in [-0.3, -0.25) is 9.47 Å². The van der Waals surface area contributed by atoms with E-state index in [2.05, 4.69) is 87.9 Å². The van der Waals surface area contributed by atoms with E-state index in [4.69, 9.17) is 25.4 Å². The van der Waals surface area contributed by atoms with Crippen molar-refractivity contribution in [3.63, 3.8) is 0 Å². The Morgan fingerprint density at radius 3 is 2.11 bits per heavy atom. The number of imidazole rings is 1. The van der Waals surface area contributed by atoms with Gasteiger partial charge in [0.15, 0.2) is 17.0 Å². The number of nitrogen functional groups attached to an aromatic ring is 1. The summed E-state index contributed by atoms with van der Waals surface area (Å²) in [6.45, 7) is 5.72. The Hall–Kier alpha value is -5.25. The van der Waals surface area contributed by atoms with Crippen molar-refractivity contribution in [1.82, 2.24) is 24.4 Å². The number of nitrogens with two attached hydrogens (primary N) is 1. The fraction of sp³-hybridized carbons (Fsp3) is 0.194. The molecule has 1 aliphatic rings. The third-order valence-electron chi connectivity index (χ3n) is 7.98. The van der Waals surface area contributed by atoms with Crippen LogP contribution in [0, 0.1) is 0 Å². The highest BCUT2D eigenvalue weighted by molar-refractivity contribution is 5.86. The van der Waals surface area contributed by atoms with Gasteiger partial charge < -0.3 is 20.7 Å². The summed E-state index contributed by atoms with van der Waals surface area (Å²) in [5.74, 6) is 1.25. The number of aromatic nitrogens is 4. The molecule has 0 saturated carbocycles. The second-order valence-corrected chi connectivity index (χ2v) is 11.3. The molecule has 7 rings (SSSR count). The number of fused-ring (bicyclic) bond motifs is 1. The molecule has 226 valence electrons. The number of nitrogens with one attached hydrogen (secondary N) is 1. The van der Waals surface area contributed by atoms with Crippen LogP contribution in [0.15, 0.2) is 116 Å². The Labute approximate surface area is 262 Å². The minimum Gasteiger partial charge on any atom is -0.399 e. The van der Waals surface area contributed by atoms with Crippen molar-refractivity contribution in [1.29, 1.82) is 0 Å². The van der Waals surface area contributed by atoms with Crippen LogP contribution < -0.4 is 16.0 Å². The van der Waals surface area contributed by atoms with Crippen LogP contribution in [0.4, 0.5) is 23.1 Å². The van der Waals surface area contributed by atoms with Crippen LogP contribution in [0.2, 0.25) is 0 Å². The molecule has 0 atom stereocenters. The molecule has 6 aromatic rings. The quantitative estimate of drug-likeness (QED) is 0.181. The molecule has 0 radical (unpaired) electrons. The summed E-state index contributed by atoms with van der Waals surface area (Å²) in [6.07, 6.45) is 1.80. The van der Waals surface area contributed by atoms with E-state index in [0.717, 1.165) is 55.6 Å². The van der Waals surface area contributed by atoms with Crippen molar-refractivity contribution in [2.45, 2.75) is 19.6 Å². The highest BCUT2D eigenvalue weighted by Gasteiger charge is 2.21. The summed E-state index contributed by atoms with van der Waals surface area (Å²) < 4.78 is 7.47. The highest BCUT2D eigenvalue weighted by atomic mass is 16.5. The lowest BCUT2D eigenvalue weighted by atomic mass is 10.1. The third kappa shape index (κ3) is 6.80. The summed E-state index contributed by atoms with van der Waals surface area (Å²) in [7, 11) is 0. The zero-order valence-electron chi connectivity index (χ0n) is 25.1. The normalized spacial score (nSPS) is 13.6. The van der Waals surface area contributed by atoms with Crippen LogP contribution in [0.25, 0.3) is 16.9 Å². The lowest BCUT2D eigenvalue weighted by Crippen LogP contribution is -2.35. The molecule has 0 amide bonds. The van der Waals surface area contributed by atoms with E-state index in [0.29, 0.717) is 30.4 Å². The summed E-state index contributed by atoms with van der Waals surface area (Å²) in [5.41, 5.74) is 13.7. The van der Waals surface area contributed by atoms with Gasteiger partial charge in [-0.2, -0.15) is 9.97 Å². The van der Waals surface area contributed by atoms with Gasteiger partial charge in [0.2, 0.25) is 5.95 Å². The molecule has 4 aromatic carbocycles. The van der Waals surface area contributed by atoms with Crippen molar-refractivity contribution >= 4 is 34.3 Å². The number of hydrogen-bond acceptors (Lipinski definition) is 8. The number of morpholine rings is 1. The molecule has 2 aromatic heterocycles. The van der Waals surface area contributed by atoms with Crippen LogP contribution in [-0.4, -0.2) is 50.7 Å². The van der Waals surface area contributed by atoms with Crippen molar-refractivity contribution < 1.29 is 4.74 Å². The SMILES string of the molecule is Nc1cccc(-n2cnc3c(N(Cc4ccccc4)Cc4ccccc4)nc(Nc4ccc(CN5CCOCC5)cc4)nc32)c1.